The van der Waals surface area contributed by atoms with E-state index in [2.05, 4.69) is 62.2 Å². The molecule has 112 valence electrons. The lowest BCUT2D eigenvalue weighted by molar-refractivity contribution is 0.1000. The van der Waals surface area contributed by atoms with Gasteiger partial charge in [-0.2, -0.15) is 11.8 Å². The summed E-state index contributed by atoms with van der Waals surface area (Å²) in [6, 6.07) is 9.54. The average molecular weight is 293 g/mol. The van der Waals surface area contributed by atoms with Gasteiger partial charge in [-0.25, -0.2) is 0 Å². The Morgan fingerprint density at radius 2 is 1.75 bits per heavy atom. The van der Waals surface area contributed by atoms with Crippen molar-refractivity contribution in [2.24, 2.45) is 0 Å². The number of thioether (sulfide) groups is 1. The zero-order valence-electron chi connectivity index (χ0n) is 12.9. The molecule has 1 aliphatic heterocycles. The Hall–Kier alpha value is -0.510. The monoisotopic (exact) mass is 293 g/mol. The third-order valence-electron chi connectivity index (χ3n) is 4.02. The zero-order valence-corrected chi connectivity index (χ0v) is 13.7. The summed E-state index contributed by atoms with van der Waals surface area (Å²) in [5.74, 6) is 1.75. The Labute approximate surface area is 127 Å². The lowest BCUT2D eigenvalue weighted by Crippen LogP contribution is -2.23. The second-order valence-corrected chi connectivity index (χ2v) is 7.14. The number of hydrogen-bond acceptors (Lipinski definition) is 3. The molecule has 1 aromatic carbocycles. The second kappa shape index (κ2) is 8.06. The van der Waals surface area contributed by atoms with Gasteiger partial charge in [0.2, 0.25) is 0 Å². The van der Waals surface area contributed by atoms with Crippen LogP contribution < -0.4 is 5.32 Å². The Bertz CT molecular complexity index is 384. The predicted octanol–water partition coefficient (Wildman–Crippen LogP) is 3.98. The lowest BCUT2D eigenvalue weighted by atomic mass is 10.00. The molecule has 0 bridgehead atoms. The van der Waals surface area contributed by atoms with Crippen molar-refractivity contribution in [2.45, 2.75) is 43.9 Å². The molecule has 1 aromatic rings. The van der Waals surface area contributed by atoms with E-state index >= 15 is 0 Å². The maximum atomic E-state index is 5.42. The first kappa shape index (κ1) is 15.9. The molecule has 1 N–H and O–H groups in total. The minimum absolute atomic E-state index is 0.448. The van der Waals surface area contributed by atoms with E-state index in [1.807, 2.05) is 0 Å². The van der Waals surface area contributed by atoms with Crippen LogP contribution in [0.2, 0.25) is 0 Å². The van der Waals surface area contributed by atoms with E-state index in [1.165, 1.54) is 24.0 Å². The van der Waals surface area contributed by atoms with Crippen molar-refractivity contribution in [3.63, 3.8) is 0 Å². The smallest absolute Gasteiger partial charge is 0.0476 e. The Balaban J connectivity index is 1.89. The van der Waals surface area contributed by atoms with Crippen LogP contribution in [0.1, 0.15) is 49.8 Å². The van der Waals surface area contributed by atoms with E-state index in [0.29, 0.717) is 12.0 Å². The molecule has 1 aliphatic rings. The maximum absolute atomic E-state index is 5.42. The number of nitrogens with one attached hydrogen (secondary N) is 1. The van der Waals surface area contributed by atoms with Crippen LogP contribution in [-0.2, 0) is 4.74 Å². The summed E-state index contributed by atoms with van der Waals surface area (Å²) in [5.41, 5.74) is 2.82. The highest BCUT2D eigenvalue weighted by Gasteiger charge is 2.17. The minimum Gasteiger partial charge on any atom is -0.381 e. The van der Waals surface area contributed by atoms with Crippen molar-refractivity contribution in [1.29, 1.82) is 0 Å². The van der Waals surface area contributed by atoms with Gasteiger partial charge >= 0.3 is 0 Å². The third kappa shape index (κ3) is 4.51. The van der Waals surface area contributed by atoms with Crippen LogP contribution in [0.3, 0.4) is 0 Å². The number of ether oxygens (including phenoxy) is 1. The maximum Gasteiger partial charge on any atom is 0.0476 e. The summed E-state index contributed by atoms with van der Waals surface area (Å²) >= 11 is 2.09. The fourth-order valence-corrected chi connectivity index (χ4v) is 3.88. The second-order valence-electron chi connectivity index (χ2n) is 5.81. The summed E-state index contributed by atoms with van der Waals surface area (Å²) in [5, 5.41) is 4.23. The molecular formula is C17H27NOS. The average Bonchev–Trinajstić information content (AvgIpc) is 2.49. The van der Waals surface area contributed by atoms with Crippen LogP contribution in [0.5, 0.6) is 0 Å². The van der Waals surface area contributed by atoms with E-state index in [0.717, 1.165) is 24.2 Å². The standard InChI is InChI=1S/C17H27NOS/c1-13(2)14-4-6-15(7-5-14)17(18-3)12-20-16-8-10-19-11-9-16/h4-7,13,16-18H,8-12H2,1-3H3. The first-order valence-corrected chi connectivity index (χ1v) is 8.72. The number of benzene rings is 1. The fourth-order valence-electron chi connectivity index (χ4n) is 2.53. The van der Waals surface area contributed by atoms with Crippen molar-refractivity contribution in [3.05, 3.63) is 35.4 Å². The van der Waals surface area contributed by atoms with E-state index in [9.17, 15) is 0 Å². The van der Waals surface area contributed by atoms with Crippen molar-refractivity contribution in [2.75, 3.05) is 26.0 Å². The molecule has 1 heterocycles. The summed E-state index contributed by atoms with van der Waals surface area (Å²) in [6.45, 7) is 6.35. The van der Waals surface area contributed by atoms with Gasteiger partial charge < -0.3 is 10.1 Å². The predicted molar refractivity (Wildman–Crippen MR) is 88.6 cm³/mol. The van der Waals surface area contributed by atoms with Crippen LogP contribution in [0.4, 0.5) is 0 Å². The van der Waals surface area contributed by atoms with E-state index < -0.39 is 0 Å². The Kier molecular flexibility index (Phi) is 6.40. The Morgan fingerprint density at radius 1 is 1.15 bits per heavy atom. The number of hydrogen-bond donors (Lipinski definition) is 1. The molecule has 1 fully saturated rings. The normalized spacial score (nSPS) is 18.4. The van der Waals surface area contributed by atoms with Gasteiger partial charge in [-0.3, -0.25) is 0 Å². The third-order valence-corrected chi connectivity index (χ3v) is 5.49. The van der Waals surface area contributed by atoms with Crippen LogP contribution in [0.25, 0.3) is 0 Å². The molecule has 2 nitrogen and oxygen atoms in total. The largest absolute Gasteiger partial charge is 0.381 e. The molecule has 0 spiro atoms. The van der Waals surface area contributed by atoms with Crippen molar-refractivity contribution >= 4 is 11.8 Å². The molecule has 0 saturated carbocycles. The van der Waals surface area contributed by atoms with Gasteiger partial charge in [0, 0.05) is 30.3 Å². The first-order valence-electron chi connectivity index (χ1n) is 7.67. The highest BCUT2D eigenvalue weighted by molar-refractivity contribution is 7.99. The highest BCUT2D eigenvalue weighted by atomic mass is 32.2. The molecule has 0 radical (unpaired) electrons. The highest BCUT2D eigenvalue weighted by Crippen LogP contribution is 2.27. The summed E-state index contributed by atoms with van der Waals surface area (Å²) in [4.78, 5) is 0. The molecule has 0 aromatic heterocycles. The Morgan fingerprint density at radius 3 is 2.30 bits per heavy atom. The quantitative estimate of drug-likeness (QED) is 0.857. The van der Waals surface area contributed by atoms with Gasteiger partial charge in [-0.1, -0.05) is 38.1 Å². The first-order chi connectivity index (χ1) is 9.70. The molecule has 1 unspecified atom stereocenters. The van der Waals surface area contributed by atoms with Gasteiger partial charge in [0.15, 0.2) is 0 Å². The summed E-state index contributed by atoms with van der Waals surface area (Å²) < 4.78 is 5.42. The van der Waals surface area contributed by atoms with Gasteiger partial charge in [0.05, 0.1) is 0 Å². The van der Waals surface area contributed by atoms with Gasteiger partial charge in [0.25, 0.3) is 0 Å². The summed E-state index contributed by atoms with van der Waals surface area (Å²) in [6.07, 6.45) is 2.40. The van der Waals surface area contributed by atoms with Crippen molar-refractivity contribution in [3.8, 4) is 0 Å². The molecule has 20 heavy (non-hydrogen) atoms. The van der Waals surface area contributed by atoms with E-state index in [-0.39, 0.29) is 0 Å². The molecule has 1 saturated heterocycles. The fraction of sp³-hybridized carbons (Fsp3) is 0.647. The molecule has 0 aliphatic carbocycles. The van der Waals surface area contributed by atoms with Crippen LogP contribution >= 0.6 is 11.8 Å². The topological polar surface area (TPSA) is 21.3 Å². The summed E-state index contributed by atoms with van der Waals surface area (Å²) in [7, 11) is 2.06. The molecule has 3 heteroatoms. The van der Waals surface area contributed by atoms with Gasteiger partial charge in [0.1, 0.15) is 0 Å². The van der Waals surface area contributed by atoms with Crippen LogP contribution in [0.15, 0.2) is 24.3 Å². The molecule has 1 atom stereocenters. The molecular weight excluding hydrogens is 266 g/mol. The zero-order chi connectivity index (χ0) is 14.4. The van der Waals surface area contributed by atoms with Gasteiger partial charge in [-0.05, 0) is 36.9 Å². The molecule has 2 rings (SSSR count). The van der Waals surface area contributed by atoms with Gasteiger partial charge in [-0.15, -0.1) is 0 Å². The molecule has 0 amide bonds. The van der Waals surface area contributed by atoms with E-state index in [4.69, 9.17) is 4.74 Å². The lowest BCUT2D eigenvalue weighted by Gasteiger charge is -2.24. The van der Waals surface area contributed by atoms with Crippen molar-refractivity contribution < 1.29 is 4.74 Å². The van der Waals surface area contributed by atoms with Crippen LogP contribution in [-0.4, -0.2) is 31.3 Å². The number of rotatable bonds is 6. The van der Waals surface area contributed by atoms with Crippen molar-refractivity contribution in [1.82, 2.24) is 5.32 Å². The van der Waals surface area contributed by atoms with E-state index in [1.54, 1.807) is 0 Å². The SMILES string of the molecule is CNC(CSC1CCOCC1)c1ccc(C(C)C)cc1. The van der Waals surface area contributed by atoms with Crippen LogP contribution in [0, 0.1) is 0 Å². The minimum atomic E-state index is 0.448.